The molecule has 33 nitrogen and oxygen atoms in total. The molecule has 0 amide bonds. The number of aliphatic carboxylic acids is 2. The third-order valence-electron chi connectivity index (χ3n) is 8.16. The summed E-state index contributed by atoms with van der Waals surface area (Å²) in [7, 11) is -20.1. The SMILES string of the molecule is CO[C@@H]1O[C@@H](C(=O)[O-])[C@@H](OCC([O-])=NCCO[C@@H]2O[C@@H](C(=O)[O-])[C@@H](O[C@H]3O[C@H](COS(=O)(=O)O)[C@@H](OC)[C@H](O)[C@H]3NS(=O)(=O)[O-])[C@H](O)[C@H]2OS(=O)(=O)O)[C@H](O)[C@H]1OS(=O)(=O)O.[Na+].[Na+].[Na+].[Na+]. The maximum atomic E-state index is 12.4. The van der Waals surface area contributed by atoms with E-state index < -0.39 is 178 Å². The fourth-order valence-corrected chi connectivity index (χ4v) is 7.65. The zero-order chi connectivity index (χ0) is 46.4. The summed E-state index contributed by atoms with van der Waals surface area (Å²) in [6.07, 6.45) is -32.2. The van der Waals surface area contributed by atoms with E-state index in [2.05, 4.69) is 17.5 Å². The topological polar surface area (TPSA) is 510 Å². The van der Waals surface area contributed by atoms with Crippen LogP contribution < -0.4 is 138 Å². The van der Waals surface area contributed by atoms with Crippen LogP contribution in [0.2, 0.25) is 0 Å². The molecule has 3 aliphatic heterocycles. The molecule has 3 heterocycles. The summed E-state index contributed by atoms with van der Waals surface area (Å²) in [6.45, 7) is -4.16. The Morgan fingerprint density at radius 3 is 1.60 bits per heavy atom. The molecule has 7 N–H and O–H groups in total. The first-order chi connectivity index (χ1) is 28.0. The van der Waals surface area contributed by atoms with Crippen LogP contribution in [0.4, 0.5) is 0 Å². The van der Waals surface area contributed by atoms with Gasteiger partial charge in [-0.3, -0.25) is 13.7 Å². The Kier molecular flexibility index (Phi) is 30.8. The molecule has 0 spiro atoms. The van der Waals surface area contributed by atoms with Crippen LogP contribution in [0.15, 0.2) is 4.99 Å². The van der Waals surface area contributed by atoms with Gasteiger partial charge in [0, 0.05) is 14.2 Å². The summed E-state index contributed by atoms with van der Waals surface area (Å²) in [5.74, 6) is -5.67. The van der Waals surface area contributed by atoms with Gasteiger partial charge in [0.15, 0.2) is 41.4 Å². The molecular formula is C24H36N2Na4O31S4. The number of aliphatic hydroxyl groups is 3. The molecule has 0 saturated carbocycles. The van der Waals surface area contributed by atoms with E-state index in [1.165, 1.54) is 4.72 Å². The quantitative estimate of drug-likeness (QED) is 0.0174. The maximum absolute atomic E-state index is 12.4. The van der Waals surface area contributed by atoms with Crippen molar-refractivity contribution in [2.24, 2.45) is 4.99 Å². The largest absolute Gasteiger partial charge is 1.00 e. The predicted molar refractivity (Wildman–Crippen MR) is 172 cm³/mol. The molecule has 0 unspecified atom stereocenters. The summed E-state index contributed by atoms with van der Waals surface area (Å²) in [4.78, 5) is 27.2. The monoisotopic (exact) mass is 1070 g/mol. The Hall–Kier alpha value is 1.45. The molecule has 0 aromatic carbocycles. The van der Waals surface area contributed by atoms with E-state index in [0.717, 1.165) is 14.2 Å². The van der Waals surface area contributed by atoms with Crippen molar-refractivity contribution in [2.45, 2.75) is 92.1 Å². The minimum atomic E-state index is -5.66. The molecule has 0 aromatic heterocycles. The van der Waals surface area contributed by atoms with Crippen LogP contribution in [-0.4, -0.2) is 218 Å². The van der Waals surface area contributed by atoms with Gasteiger partial charge in [-0.15, -0.1) is 0 Å². The normalized spacial score (nSPS) is 33.6. The average Bonchev–Trinajstić information content (AvgIpc) is 3.11. The number of methoxy groups -OCH3 is 2. The summed E-state index contributed by atoms with van der Waals surface area (Å²) >= 11 is 0. The second kappa shape index (κ2) is 29.2. The van der Waals surface area contributed by atoms with E-state index in [0.29, 0.717) is 0 Å². The number of carbonyl (C=O) groups excluding carboxylic acids is 2. The molecule has 3 fully saturated rings. The van der Waals surface area contributed by atoms with Crippen molar-refractivity contribution >= 4 is 59.3 Å². The number of carbonyl (C=O) groups is 2. The van der Waals surface area contributed by atoms with Crippen LogP contribution in [0.3, 0.4) is 0 Å². The Morgan fingerprint density at radius 2 is 1.14 bits per heavy atom. The van der Waals surface area contributed by atoms with Gasteiger partial charge in [-0.2, -0.15) is 25.3 Å². The average molecular weight is 1070 g/mol. The number of hydrogen-bond acceptors (Lipinski definition) is 29. The molecule has 65 heavy (non-hydrogen) atoms. The number of aliphatic imine (C=N–C) groups is 1. The zero-order valence-electron chi connectivity index (χ0n) is 34.5. The van der Waals surface area contributed by atoms with Gasteiger partial charge >= 0.3 is 149 Å². The van der Waals surface area contributed by atoms with Crippen LogP contribution in [0.1, 0.15) is 0 Å². The van der Waals surface area contributed by atoms with Gasteiger partial charge in [0.1, 0.15) is 61.0 Å². The van der Waals surface area contributed by atoms with Crippen LogP contribution in [0.5, 0.6) is 0 Å². The van der Waals surface area contributed by atoms with Crippen molar-refractivity contribution in [3.63, 3.8) is 0 Å². The second-order valence-corrected chi connectivity index (χ2v) is 16.6. The zero-order valence-corrected chi connectivity index (χ0v) is 45.7. The molecule has 356 valence electrons. The van der Waals surface area contributed by atoms with Gasteiger partial charge in [-0.05, 0) is 5.90 Å². The number of hydrogen-bond donors (Lipinski definition) is 7. The number of aliphatic hydroxyl groups excluding tert-OH is 3. The molecule has 3 aliphatic rings. The molecule has 0 aliphatic carbocycles. The Balaban J connectivity index is 0. The number of nitrogens with zero attached hydrogens (tertiary/aromatic N) is 1. The van der Waals surface area contributed by atoms with Crippen molar-refractivity contribution in [1.82, 2.24) is 4.72 Å². The standard InChI is InChI=1S/C24H40N2O31S4.4Na/c1-47-13-7(5-51-59(38,39)40)52-22(9(10(13)28)26-58(35,36)37)53-15-12(30)17(57-61(44,45)46)24(55-19(15)21(33)34)49-4-3-25-8(27)6-50-14-11(29)16(56-60(41,42)43)23(48-2)54-18(14)20(31)32;;;;/h7,9-19,22-24,26,28-30H,3-6H2,1-2H3,(H,25,27)(H,31,32)(H,33,34)(H,35,36,37)(H,38,39,40)(H,41,42,43)(H,44,45,46);;;;/q;4*+1/p-4/t7-,9-,10-,11+,12+,13-,14+,15+,16-,17-,18-,19-,22-,23-,24-;;;;/m1..../s1. The summed E-state index contributed by atoms with van der Waals surface area (Å²) in [5.41, 5.74) is 0. The Morgan fingerprint density at radius 1 is 0.646 bits per heavy atom. The Bertz CT molecular complexity index is 2000. The second-order valence-electron chi connectivity index (χ2n) is 12.2. The van der Waals surface area contributed by atoms with Gasteiger partial charge in [0.25, 0.3) is 0 Å². The molecule has 0 radical (unpaired) electrons. The first-order valence-electron chi connectivity index (χ1n) is 16.2. The van der Waals surface area contributed by atoms with Crippen LogP contribution in [-0.2, 0) is 102 Å². The molecule has 0 bridgehead atoms. The van der Waals surface area contributed by atoms with Crippen molar-refractivity contribution in [2.75, 3.05) is 40.6 Å². The number of carboxylic acid groups (broad SMARTS) is 2. The molecule has 3 rings (SSSR count). The fraction of sp³-hybridized carbons (Fsp3) is 0.875. The third-order valence-corrected chi connectivity index (χ3v) is 10.1. The van der Waals surface area contributed by atoms with E-state index in [4.69, 9.17) is 47.0 Å². The van der Waals surface area contributed by atoms with Crippen LogP contribution in [0.25, 0.3) is 0 Å². The molecule has 15 atom stereocenters. The third kappa shape index (κ3) is 21.6. The van der Waals surface area contributed by atoms with Gasteiger partial charge in [-0.25, -0.2) is 25.7 Å². The first-order valence-corrected chi connectivity index (χ1v) is 21.7. The minimum absolute atomic E-state index is 0. The van der Waals surface area contributed by atoms with E-state index in [9.17, 15) is 83.0 Å². The van der Waals surface area contributed by atoms with Crippen molar-refractivity contribution < 1.29 is 261 Å². The van der Waals surface area contributed by atoms with Gasteiger partial charge < -0.3 is 87.7 Å². The van der Waals surface area contributed by atoms with Crippen LogP contribution in [0, 0.1) is 0 Å². The first kappa shape index (κ1) is 68.5. The van der Waals surface area contributed by atoms with Gasteiger partial charge in [-0.1, -0.05) is 0 Å². The number of carboxylic acids is 2. The molecule has 41 heteroatoms. The van der Waals surface area contributed by atoms with E-state index >= 15 is 0 Å². The molecule has 0 aromatic rings. The smallest absolute Gasteiger partial charge is 0.860 e. The van der Waals surface area contributed by atoms with E-state index in [-0.39, 0.29) is 118 Å². The molecule has 3 saturated heterocycles. The number of rotatable bonds is 22. The Labute approximate surface area is 457 Å². The number of nitrogens with one attached hydrogen (secondary N) is 1. The van der Waals surface area contributed by atoms with Crippen molar-refractivity contribution in [3.8, 4) is 0 Å². The minimum Gasteiger partial charge on any atom is -0.860 e. The van der Waals surface area contributed by atoms with Crippen molar-refractivity contribution in [1.29, 1.82) is 0 Å². The fourth-order valence-electron chi connectivity index (χ4n) is 5.79. The van der Waals surface area contributed by atoms with E-state index in [1.54, 1.807) is 0 Å². The summed E-state index contributed by atoms with van der Waals surface area (Å²) < 4.78 is 185. The number of ether oxygens (including phenoxy) is 8. The van der Waals surface area contributed by atoms with E-state index in [1.807, 2.05) is 0 Å². The predicted octanol–water partition coefficient (Wildman–Crippen LogP) is -23.4. The summed E-state index contributed by atoms with van der Waals surface area (Å²) in [5, 5.41) is 68.7. The van der Waals surface area contributed by atoms with Crippen LogP contribution >= 0.6 is 0 Å². The van der Waals surface area contributed by atoms with Crippen molar-refractivity contribution in [3.05, 3.63) is 0 Å². The molecular weight excluding hydrogens is 1030 g/mol. The maximum Gasteiger partial charge on any atom is 1.00 e. The van der Waals surface area contributed by atoms with Gasteiger partial charge in [0.2, 0.25) is 0 Å². The van der Waals surface area contributed by atoms with Gasteiger partial charge in [0.05, 0.1) is 38.3 Å². The summed E-state index contributed by atoms with van der Waals surface area (Å²) in [6, 6.07) is -2.32.